The third kappa shape index (κ3) is 3.23. The maximum absolute atomic E-state index is 11.0. The Morgan fingerprint density at radius 3 is 2.64 bits per heavy atom. The van der Waals surface area contributed by atoms with E-state index in [2.05, 4.69) is 17.2 Å². The van der Waals surface area contributed by atoms with Gasteiger partial charge >= 0.3 is 0 Å². The molecule has 0 bridgehead atoms. The van der Waals surface area contributed by atoms with Crippen molar-refractivity contribution in [2.75, 3.05) is 0 Å². The molecule has 0 radical (unpaired) electrons. The van der Waals surface area contributed by atoms with Gasteiger partial charge < -0.3 is 0 Å². The van der Waals surface area contributed by atoms with Crippen LogP contribution in [0.3, 0.4) is 0 Å². The first-order valence-corrected chi connectivity index (χ1v) is 4.57. The summed E-state index contributed by atoms with van der Waals surface area (Å²) in [5.41, 5.74) is 0.766. The van der Waals surface area contributed by atoms with E-state index in [1.165, 1.54) is 6.08 Å². The van der Waals surface area contributed by atoms with E-state index in [9.17, 15) is 4.79 Å². The van der Waals surface area contributed by atoms with Gasteiger partial charge in [0, 0.05) is 6.08 Å². The van der Waals surface area contributed by atoms with E-state index in [-0.39, 0.29) is 0 Å². The molecule has 1 rings (SSSR count). The fourth-order valence-corrected chi connectivity index (χ4v) is 1.18. The number of halogens is 1. The summed E-state index contributed by atoms with van der Waals surface area (Å²) >= 11 is 10.1. The van der Waals surface area contributed by atoms with Crippen molar-refractivity contribution in [1.29, 1.82) is 0 Å². The molecule has 2 nitrogen and oxygen atoms in total. The van der Waals surface area contributed by atoms with E-state index in [0.717, 1.165) is 5.56 Å². The van der Waals surface area contributed by atoms with Gasteiger partial charge in [-0.05, 0) is 17.8 Å². The lowest BCUT2D eigenvalue weighted by molar-refractivity contribution is -0.113. The number of nitrogens with zero attached hydrogens (tertiary/aromatic N) is 1. The predicted molar refractivity (Wildman–Crippen MR) is 60.3 cm³/mol. The van der Waals surface area contributed by atoms with Crippen molar-refractivity contribution in [3.63, 3.8) is 0 Å². The molecule has 0 fully saturated rings. The first-order valence-electron chi connectivity index (χ1n) is 3.78. The first-order chi connectivity index (χ1) is 6.74. The minimum atomic E-state index is -0.506. The first kappa shape index (κ1) is 10.8. The number of benzene rings is 1. The molecule has 4 heteroatoms. The number of carbonyl (C=O) groups excluding carboxylic acids is 1. The molecule has 0 spiro atoms. The molecule has 1 amide bonds. The van der Waals surface area contributed by atoms with Gasteiger partial charge in [0.05, 0.1) is 10.2 Å². The third-order valence-electron chi connectivity index (χ3n) is 1.46. The molecule has 1 aromatic rings. The normalized spacial score (nSPS) is 10.5. The quantitative estimate of drug-likeness (QED) is 0.438. The largest absolute Gasteiger partial charge is 0.280 e. The van der Waals surface area contributed by atoms with Gasteiger partial charge in [-0.2, -0.15) is 4.99 Å². The van der Waals surface area contributed by atoms with E-state index in [1.54, 1.807) is 12.1 Å². The van der Waals surface area contributed by atoms with E-state index in [1.807, 2.05) is 23.4 Å². The zero-order chi connectivity index (χ0) is 10.4. The monoisotopic (exact) mass is 223 g/mol. The molecule has 0 aromatic heterocycles. The van der Waals surface area contributed by atoms with Crippen molar-refractivity contribution in [2.45, 2.75) is 0 Å². The molecule has 0 N–H and O–H groups in total. The van der Waals surface area contributed by atoms with Crippen LogP contribution in [-0.4, -0.2) is 11.1 Å². The highest BCUT2D eigenvalue weighted by Gasteiger charge is 1.99. The number of hydrogen-bond acceptors (Lipinski definition) is 2. The summed E-state index contributed by atoms with van der Waals surface area (Å²) in [5.74, 6) is -0.506. The van der Waals surface area contributed by atoms with E-state index in [4.69, 9.17) is 11.6 Å². The molecule has 0 saturated carbocycles. The standard InChI is InChI=1S/C10H6ClNOS/c11-9(6-10(13)12-7-14)8-4-2-1-3-5-8/h1-6H. The Hall–Kier alpha value is -1.28. The van der Waals surface area contributed by atoms with Crippen LogP contribution in [-0.2, 0) is 4.79 Å². The topological polar surface area (TPSA) is 29.4 Å². The van der Waals surface area contributed by atoms with Crippen LogP contribution >= 0.6 is 23.8 Å². The number of hydrogen-bond donors (Lipinski definition) is 0. The summed E-state index contributed by atoms with van der Waals surface area (Å²) in [6.07, 6.45) is 1.20. The average Bonchev–Trinajstić information content (AvgIpc) is 2.19. The fraction of sp³-hybridized carbons (Fsp3) is 0. The molecule has 0 saturated heterocycles. The Labute approximate surface area is 91.9 Å². The fourth-order valence-electron chi connectivity index (χ4n) is 0.866. The lowest BCUT2D eigenvalue weighted by Gasteiger charge is -1.95. The van der Waals surface area contributed by atoms with Gasteiger partial charge in [0.2, 0.25) is 0 Å². The highest BCUT2D eigenvalue weighted by molar-refractivity contribution is 7.78. The van der Waals surface area contributed by atoms with Crippen LogP contribution in [0.15, 0.2) is 41.4 Å². The maximum atomic E-state index is 11.0. The second-order valence-electron chi connectivity index (χ2n) is 2.40. The molecular weight excluding hydrogens is 218 g/mol. The Balaban J connectivity index is 2.90. The molecule has 1 aromatic carbocycles. The molecule has 0 aliphatic heterocycles. The van der Waals surface area contributed by atoms with Gasteiger partial charge in [0.1, 0.15) is 0 Å². The second-order valence-corrected chi connectivity index (χ2v) is 2.99. The smallest absolute Gasteiger partial charge is 0.267 e. The Kier molecular flexibility index (Phi) is 4.20. The highest BCUT2D eigenvalue weighted by atomic mass is 35.5. The van der Waals surface area contributed by atoms with Crippen molar-refractivity contribution < 1.29 is 4.79 Å². The zero-order valence-electron chi connectivity index (χ0n) is 7.11. The predicted octanol–water partition coefficient (Wildman–Crippen LogP) is 2.90. The Bertz CT molecular complexity index is 407. The van der Waals surface area contributed by atoms with E-state index >= 15 is 0 Å². The molecule has 0 unspecified atom stereocenters. The summed E-state index contributed by atoms with van der Waals surface area (Å²) in [6.45, 7) is 0. The van der Waals surface area contributed by atoms with Crippen LogP contribution in [0.25, 0.3) is 5.03 Å². The molecule has 0 heterocycles. The lowest BCUT2D eigenvalue weighted by Crippen LogP contribution is -1.86. The summed E-state index contributed by atoms with van der Waals surface area (Å²) < 4.78 is 0. The number of thiocarbonyl (C=S) groups is 1. The van der Waals surface area contributed by atoms with Crippen molar-refractivity contribution in [2.24, 2.45) is 4.99 Å². The molecule has 0 aliphatic rings. The summed E-state index contributed by atoms with van der Waals surface area (Å²) in [5, 5.41) is 2.32. The maximum Gasteiger partial charge on any atom is 0.280 e. The molecule has 0 atom stereocenters. The summed E-state index contributed by atoms with van der Waals surface area (Å²) in [6, 6.07) is 9.13. The van der Waals surface area contributed by atoms with Gasteiger partial charge in [0.15, 0.2) is 0 Å². The van der Waals surface area contributed by atoms with Crippen LogP contribution < -0.4 is 0 Å². The number of isothiocyanates is 1. The van der Waals surface area contributed by atoms with Gasteiger partial charge in [-0.15, -0.1) is 0 Å². The molecular formula is C10H6ClNOS. The summed E-state index contributed by atoms with van der Waals surface area (Å²) in [4.78, 5) is 14.2. The number of carbonyl (C=O) groups is 1. The Morgan fingerprint density at radius 1 is 1.43 bits per heavy atom. The van der Waals surface area contributed by atoms with Crippen LogP contribution in [0.1, 0.15) is 5.56 Å². The van der Waals surface area contributed by atoms with Gasteiger partial charge in [-0.3, -0.25) is 4.79 Å². The van der Waals surface area contributed by atoms with Crippen molar-refractivity contribution >= 4 is 39.9 Å². The van der Waals surface area contributed by atoms with E-state index < -0.39 is 5.91 Å². The second kappa shape index (κ2) is 5.45. The van der Waals surface area contributed by atoms with Crippen molar-refractivity contribution in [1.82, 2.24) is 0 Å². The van der Waals surface area contributed by atoms with Crippen LogP contribution in [0.5, 0.6) is 0 Å². The average molecular weight is 224 g/mol. The van der Waals surface area contributed by atoms with Gasteiger partial charge in [-0.1, -0.05) is 41.9 Å². The minimum Gasteiger partial charge on any atom is -0.267 e. The number of rotatable bonds is 2. The highest BCUT2D eigenvalue weighted by Crippen LogP contribution is 2.17. The molecule has 0 aliphatic carbocycles. The van der Waals surface area contributed by atoms with Gasteiger partial charge in [-0.25, -0.2) is 0 Å². The van der Waals surface area contributed by atoms with Gasteiger partial charge in [0.25, 0.3) is 5.91 Å². The minimum absolute atomic E-state index is 0.338. The number of aliphatic imine (C=N–C) groups is 1. The van der Waals surface area contributed by atoms with Crippen LogP contribution in [0.2, 0.25) is 0 Å². The summed E-state index contributed by atoms with van der Waals surface area (Å²) in [7, 11) is 0. The van der Waals surface area contributed by atoms with Crippen molar-refractivity contribution in [3.8, 4) is 0 Å². The molecule has 70 valence electrons. The lowest BCUT2D eigenvalue weighted by atomic mass is 10.2. The third-order valence-corrected chi connectivity index (χ3v) is 1.87. The Morgan fingerprint density at radius 2 is 2.07 bits per heavy atom. The van der Waals surface area contributed by atoms with Crippen molar-refractivity contribution in [3.05, 3.63) is 42.0 Å². The SMILES string of the molecule is O=C(C=C(Cl)c1ccccc1)N=C=S. The van der Waals surface area contributed by atoms with E-state index in [0.29, 0.717) is 5.03 Å². The van der Waals surface area contributed by atoms with Crippen LogP contribution in [0, 0.1) is 0 Å². The number of amides is 1. The molecule has 14 heavy (non-hydrogen) atoms. The zero-order valence-corrected chi connectivity index (χ0v) is 8.68. The van der Waals surface area contributed by atoms with Crippen LogP contribution in [0.4, 0.5) is 0 Å².